The molecule has 0 aliphatic rings. The minimum atomic E-state index is 0.0547. The van der Waals surface area contributed by atoms with Crippen LogP contribution >= 0.6 is 22.6 Å². The van der Waals surface area contributed by atoms with E-state index in [9.17, 15) is 4.79 Å². The van der Waals surface area contributed by atoms with Crippen LogP contribution in [0.25, 0.3) is 0 Å². The van der Waals surface area contributed by atoms with Crippen molar-refractivity contribution in [3.8, 4) is 0 Å². The Morgan fingerprint density at radius 3 is 2.64 bits per heavy atom. The number of hydrogen-bond donors (Lipinski definition) is 0. The summed E-state index contributed by atoms with van der Waals surface area (Å²) in [6.45, 7) is 6.10. The zero-order chi connectivity index (χ0) is 10.7. The summed E-state index contributed by atoms with van der Waals surface area (Å²) in [6, 6.07) is 0.379. The van der Waals surface area contributed by atoms with Gasteiger partial charge in [-0.1, -0.05) is 6.92 Å². The first-order valence-electron chi connectivity index (χ1n) is 4.73. The van der Waals surface area contributed by atoms with E-state index in [4.69, 9.17) is 0 Å². The Kier molecular flexibility index (Phi) is 4.10. The number of aromatic nitrogens is 2. The van der Waals surface area contributed by atoms with Gasteiger partial charge in [-0.15, -0.1) is 0 Å². The third-order valence-electron chi connectivity index (χ3n) is 2.03. The third-order valence-corrected chi connectivity index (χ3v) is 2.94. The van der Waals surface area contributed by atoms with E-state index in [1.165, 1.54) is 0 Å². The lowest BCUT2D eigenvalue weighted by Gasteiger charge is -2.04. The number of nitrogens with zero attached hydrogens (tertiary/aromatic N) is 2. The molecule has 0 saturated carbocycles. The molecule has 1 heterocycles. The van der Waals surface area contributed by atoms with Gasteiger partial charge in [-0.05, 0) is 36.4 Å². The number of carbonyl (C=O) groups excluding carboxylic acids is 1. The van der Waals surface area contributed by atoms with Crippen LogP contribution < -0.4 is 0 Å². The minimum Gasteiger partial charge on any atom is -0.303 e. The molecule has 0 aliphatic carbocycles. The van der Waals surface area contributed by atoms with Gasteiger partial charge >= 0.3 is 0 Å². The maximum atomic E-state index is 10.5. The normalized spacial score (nSPS) is 13.2. The molecular formula is C10H15IN2O. The van der Waals surface area contributed by atoms with Crippen LogP contribution in [0.5, 0.6) is 0 Å². The van der Waals surface area contributed by atoms with Gasteiger partial charge in [0.2, 0.25) is 0 Å². The summed E-state index contributed by atoms with van der Waals surface area (Å²) in [4.78, 5) is 10.5. The zero-order valence-electron chi connectivity index (χ0n) is 8.70. The van der Waals surface area contributed by atoms with Gasteiger partial charge in [0, 0.05) is 24.6 Å². The molecule has 4 heteroatoms. The molecule has 78 valence electrons. The lowest BCUT2D eigenvalue weighted by Crippen LogP contribution is -2.05. The molecule has 0 aromatic carbocycles. The highest BCUT2D eigenvalue weighted by molar-refractivity contribution is 14.1. The van der Waals surface area contributed by atoms with Crippen molar-refractivity contribution in [3.05, 3.63) is 15.5 Å². The van der Waals surface area contributed by atoms with Crippen molar-refractivity contribution in [3.63, 3.8) is 0 Å². The first-order chi connectivity index (χ1) is 6.54. The van der Waals surface area contributed by atoms with Crippen molar-refractivity contribution >= 4 is 28.9 Å². The lowest BCUT2D eigenvalue weighted by atomic mass is 10.1. The van der Waals surface area contributed by atoms with E-state index in [2.05, 4.69) is 41.5 Å². The monoisotopic (exact) mass is 306 g/mol. The molecule has 14 heavy (non-hydrogen) atoms. The highest BCUT2D eigenvalue weighted by Crippen LogP contribution is 2.16. The Bertz CT molecular complexity index is 320. The molecule has 0 aliphatic heterocycles. The average molecular weight is 306 g/mol. The van der Waals surface area contributed by atoms with E-state index in [1.54, 1.807) is 0 Å². The quantitative estimate of drug-likeness (QED) is 0.632. The van der Waals surface area contributed by atoms with Crippen molar-refractivity contribution in [2.75, 3.05) is 0 Å². The zero-order valence-corrected chi connectivity index (χ0v) is 10.9. The van der Waals surface area contributed by atoms with Crippen LogP contribution in [0.4, 0.5) is 0 Å². The molecule has 0 spiro atoms. The predicted octanol–water partition coefficient (Wildman–Crippen LogP) is 2.45. The number of aldehydes is 1. The van der Waals surface area contributed by atoms with Crippen LogP contribution in [-0.2, 0) is 11.2 Å². The van der Waals surface area contributed by atoms with E-state index < -0.39 is 0 Å². The summed E-state index contributed by atoms with van der Waals surface area (Å²) in [6.07, 6.45) is 3.74. The Hall–Kier alpha value is -0.390. The highest BCUT2D eigenvalue weighted by Gasteiger charge is 2.11. The summed E-state index contributed by atoms with van der Waals surface area (Å²) < 4.78 is 3.08. The SMILES string of the molecule is CC(C=O)Cc1nn(C(C)C)cc1I. The second-order valence-corrected chi connectivity index (χ2v) is 4.98. The molecule has 0 radical (unpaired) electrons. The molecule has 0 N–H and O–H groups in total. The van der Waals surface area contributed by atoms with Crippen molar-refractivity contribution in [2.45, 2.75) is 33.2 Å². The topological polar surface area (TPSA) is 34.9 Å². The minimum absolute atomic E-state index is 0.0547. The van der Waals surface area contributed by atoms with Gasteiger partial charge < -0.3 is 4.79 Å². The van der Waals surface area contributed by atoms with Crippen molar-refractivity contribution in [1.82, 2.24) is 9.78 Å². The fraction of sp³-hybridized carbons (Fsp3) is 0.600. The molecule has 0 saturated heterocycles. The summed E-state index contributed by atoms with van der Waals surface area (Å²) in [5.74, 6) is 0.0547. The molecule has 1 rings (SSSR count). The molecule has 1 atom stereocenters. The molecule has 1 aromatic rings. The van der Waals surface area contributed by atoms with Gasteiger partial charge in [-0.25, -0.2) is 0 Å². The summed E-state index contributed by atoms with van der Waals surface area (Å²) in [5.41, 5.74) is 1.03. The van der Waals surface area contributed by atoms with Crippen LogP contribution in [0, 0.1) is 9.49 Å². The van der Waals surface area contributed by atoms with Crippen LogP contribution in [0.1, 0.15) is 32.5 Å². The summed E-state index contributed by atoms with van der Waals surface area (Å²) >= 11 is 2.26. The molecule has 1 unspecified atom stereocenters. The molecule has 3 nitrogen and oxygen atoms in total. The highest BCUT2D eigenvalue weighted by atomic mass is 127. The van der Waals surface area contributed by atoms with Crippen LogP contribution in [0.3, 0.4) is 0 Å². The van der Waals surface area contributed by atoms with E-state index >= 15 is 0 Å². The molecule has 1 aromatic heterocycles. The number of carbonyl (C=O) groups is 1. The first-order valence-corrected chi connectivity index (χ1v) is 5.81. The molecule has 0 fully saturated rings. The summed E-state index contributed by atoms with van der Waals surface area (Å²) in [5, 5.41) is 4.45. The van der Waals surface area contributed by atoms with E-state index in [1.807, 2.05) is 17.8 Å². The van der Waals surface area contributed by atoms with Gasteiger partial charge in [0.15, 0.2) is 0 Å². The Balaban J connectivity index is 2.82. The van der Waals surface area contributed by atoms with E-state index in [-0.39, 0.29) is 5.92 Å². The van der Waals surface area contributed by atoms with Crippen LogP contribution in [0.15, 0.2) is 6.20 Å². The first kappa shape index (κ1) is 11.7. The van der Waals surface area contributed by atoms with Crippen LogP contribution in [0.2, 0.25) is 0 Å². The Labute approximate surface area is 98.0 Å². The summed E-state index contributed by atoms with van der Waals surface area (Å²) in [7, 11) is 0. The maximum Gasteiger partial charge on any atom is 0.123 e. The van der Waals surface area contributed by atoms with Crippen molar-refractivity contribution in [2.24, 2.45) is 5.92 Å². The van der Waals surface area contributed by atoms with Gasteiger partial charge in [0.05, 0.1) is 9.26 Å². The largest absolute Gasteiger partial charge is 0.303 e. The van der Waals surface area contributed by atoms with Crippen LogP contribution in [-0.4, -0.2) is 16.1 Å². The van der Waals surface area contributed by atoms with Crippen molar-refractivity contribution in [1.29, 1.82) is 0 Å². The standard InChI is InChI=1S/C10H15IN2O/c1-7(2)13-5-9(11)10(12-13)4-8(3)6-14/h5-8H,4H2,1-3H3. The second kappa shape index (κ2) is 4.91. The van der Waals surface area contributed by atoms with Gasteiger partial charge in [0.25, 0.3) is 0 Å². The number of rotatable bonds is 4. The Morgan fingerprint density at radius 2 is 2.21 bits per heavy atom. The third kappa shape index (κ3) is 2.80. The van der Waals surface area contributed by atoms with Gasteiger partial charge in [0.1, 0.15) is 6.29 Å². The smallest absolute Gasteiger partial charge is 0.123 e. The fourth-order valence-corrected chi connectivity index (χ4v) is 1.78. The molecular weight excluding hydrogens is 291 g/mol. The van der Waals surface area contributed by atoms with Gasteiger partial charge in [-0.3, -0.25) is 4.68 Å². The average Bonchev–Trinajstić information content (AvgIpc) is 2.48. The van der Waals surface area contributed by atoms with E-state index in [0.29, 0.717) is 6.04 Å². The molecule has 0 amide bonds. The Morgan fingerprint density at radius 1 is 1.57 bits per heavy atom. The van der Waals surface area contributed by atoms with Crippen molar-refractivity contribution < 1.29 is 4.79 Å². The number of hydrogen-bond acceptors (Lipinski definition) is 2. The lowest BCUT2D eigenvalue weighted by molar-refractivity contribution is -0.110. The van der Waals surface area contributed by atoms with Gasteiger partial charge in [-0.2, -0.15) is 5.10 Å². The predicted molar refractivity (Wildman–Crippen MR) is 64.3 cm³/mol. The number of halogens is 1. The maximum absolute atomic E-state index is 10.5. The molecule has 0 bridgehead atoms. The van der Waals surface area contributed by atoms with E-state index in [0.717, 1.165) is 22.0 Å². The fourth-order valence-electron chi connectivity index (χ4n) is 1.16. The second-order valence-electron chi connectivity index (χ2n) is 3.81.